The second-order valence-electron chi connectivity index (χ2n) is 4.04. The fraction of sp³-hybridized carbons (Fsp3) is 0.600. The van der Waals surface area contributed by atoms with Crippen molar-refractivity contribution < 1.29 is 4.39 Å². The van der Waals surface area contributed by atoms with E-state index in [1.807, 2.05) is 4.90 Å². The van der Waals surface area contributed by atoms with Crippen molar-refractivity contribution in [3.63, 3.8) is 0 Å². The first-order valence-corrected chi connectivity index (χ1v) is 5.38. The molecule has 0 unspecified atom stereocenters. The minimum Gasteiger partial charge on any atom is -0.368 e. The fourth-order valence-corrected chi connectivity index (χ4v) is 1.85. The summed E-state index contributed by atoms with van der Waals surface area (Å²) in [7, 11) is 2.06. The first-order chi connectivity index (χ1) is 7.66. The van der Waals surface area contributed by atoms with Gasteiger partial charge in [0.25, 0.3) is 0 Å². The van der Waals surface area contributed by atoms with E-state index in [1.54, 1.807) is 0 Å². The number of aromatic nitrogens is 2. The number of likely N-dealkylation sites (N-methyl/N-ethyl adjacent to an activating group) is 1. The molecule has 1 aromatic heterocycles. The zero-order valence-electron chi connectivity index (χ0n) is 9.36. The topological polar surface area (TPSA) is 58.3 Å². The number of anilines is 2. The minimum atomic E-state index is -0.404. The molecule has 1 saturated heterocycles. The van der Waals surface area contributed by atoms with Crippen LogP contribution >= 0.6 is 0 Å². The van der Waals surface area contributed by atoms with E-state index in [1.165, 1.54) is 0 Å². The molecule has 0 spiro atoms. The van der Waals surface area contributed by atoms with Gasteiger partial charge in [-0.1, -0.05) is 0 Å². The molecule has 0 radical (unpaired) electrons. The van der Waals surface area contributed by atoms with Crippen LogP contribution in [0.3, 0.4) is 0 Å². The number of nitrogen functional groups attached to an aromatic ring is 1. The summed E-state index contributed by atoms with van der Waals surface area (Å²) in [6, 6.07) is 0. The standard InChI is InChI=1S/C10H16FN5/c1-15-3-2-4-16(6-5-15)9-8(11)7-13-10(12)14-9/h7H,2-6H2,1H3,(H2,12,13,14). The predicted octanol–water partition coefficient (Wildman–Crippen LogP) is 0.340. The molecular weight excluding hydrogens is 209 g/mol. The lowest BCUT2D eigenvalue weighted by molar-refractivity contribution is 0.360. The summed E-state index contributed by atoms with van der Waals surface area (Å²) in [6.07, 6.45) is 2.13. The summed E-state index contributed by atoms with van der Waals surface area (Å²) >= 11 is 0. The van der Waals surface area contributed by atoms with E-state index in [4.69, 9.17) is 5.73 Å². The maximum Gasteiger partial charge on any atom is 0.222 e. The van der Waals surface area contributed by atoms with Crippen LogP contribution in [0.5, 0.6) is 0 Å². The van der Waals surface area contributed by atoms with Crippen LogP contribution in [0.2, 0.25) is 0 Å². The zero-order chi connectivity index (χ0) is 11.5. The van der Waals surface area contributed by atoms with Crippen LogP contribution in [0, 0.1) is 5.82 Å². The number of hydrogen-bond acceptors (Lipinski definition) is 5. The van der Waals surface area contributed by atoms with E-state index in [9.17, 15) is 4.39 Å². The molecule has 16 heavy (non-hydrogen) atoms. The van der Waals surface area contributed by atoms with Crippen molar-refractivity contribution in [2.75, 3.05) is 43.9 Å². The quantitative estimate of drug-likeness (QED) is 0.747. The van der Waals surface area contributed by atoms with Crippen molar-refractivity contribution in [1.82, 2.24) is 14.9 Å². The summed E-state index contributed by atoms with van der Waals surface area (Å²) in [6.45, 7) is 3.50. The second kappa shape index (κ2) is 4.61. The Morgan fingerprint density at radius 2 is 2.12 bits per heavy atom. The molecule has 5 nitrogen and oxygen atoms in total. The number of nitrogens with zero attached hydrogens (tertiary/aromatic N) is 4. The smallest absolute Gasteiger partial charge is 0.222 e. The summed E-state index contributed by atoms with van der Waals surface area (Å²) in [5.41, 5.74) is 5.47. The Morgan fingerprint density at radius 1 is 1.31 bits per heavy atom. The van der Waals surface area contributed by atoms with Gasteiger partial charge >= 0.3 is 0 Å². The highest BCUT2D eigenvalue weighted by molar-refractivity contribution is 5.42. The molecule has 1 aliphatic heterocycles. The van der Waals surface area contributed by atoms with Crippen molar-refractivity contribution in [2.24, 2.45) is 0 Å². The molecule has 2 rings (SSSR count). The third-order valence-corrected chi connectivity index (χ3v) is 2.76. The molecule has 1 aromatic rings. The van der Waals surface area contributed by atoms with Gasteiger partial charge in [0.2, 0.25) is 5.95 Å². The van der Waals surface area contributed by atoms with Gasteiger partial charge in [-0.25, -0.2) is 9.37 Å². The Morgan fingerprint density at radius 3 is 2.94 bits per heavy atom. The van der Waals surface area contributed by atoms with Crippen LogP contribution in [0.15, 0.2) is 6.20 Å². The number of nitrogens with two attached hydrogens (primary N) is 1. The van der Waals surface area contributed by atoms with E-state index >= 15 is 0 Å². The Labute approximate surface area is 94.1 Å². The average Bonchev–Trinajstić information content (AvgIpc) is 2.47. The van der Waals surface area contributed by atoms with Crippen LogP contribution < -0.4 is 10.6 Å². The van der Waals surface area contributed by atoms with Crippen molar-refractivity contribution >= 4 is 11.8 Å². The van der Waals surface area contributed by atoms with Gasteiger partial charge in [-0.3, -0.25) is 0 Å². The van der Waals surface area contributed by atoms with Gasteiger partial charge in [0, 0.05) is 19.6 Å². The van der Waals surface area contributed by atoms with Crippen LogP contribution in [0.4, 0.5) is 16.2 Å². The van der Waals surface area contributed by atoms with Gasteiger partial charge in [-0.15, -0.1) is 0 Å². The number of hydrogen-bond donors (Lipinski definition) is 1. The Hall–Kier alpha value is -1.43. The van der Waals surface area contributed by atoms with E-state index in [0.29, 0.717) is 5.82 Å². The van der Waals surface area contributed by atoms with Crippen LogP contribution in [-0.2, 0) is 0 Å². The summed E-state index contributed by atoms with van der Waals surface area (Å²) in [5.74, 6) is 0.0376. The largest absolute Gasteiger partial charge is 0.368 e. The van der Waals surface area contributed by atoms with E-state index in [-0.39, 0.29) is 5.95 Å². The Bertz CT molecular complexity index is 370. The van der Waals surface area contributed by atoms with Crippen LogP contribution in [0.1, 0.15) is 6.42 Å². The first-order valence-electron chi connectivity index (χ1n) is 5.38. The normalized spacial score (nSPS) is 18.5. The molecule has 6 heteroatoms. The highest BCUT2D eigenvalue weighted by Gasteiger charge is 2.17. The summed E-state index contributed by atoms with van der Waals surface area (Å²) < 4.78 is 13.5. The van der Waals surface area contributed by atoms with Crippen molar-refractivity contribution in [1.29, 1.82) is 0 Å². The van der Waals surface area contributed by atoms with Gasteiger partial charge < -0.3 is 15.5 Å². The zero-order valence-corrected chi connectivity index (χ0v) is 9.36. The Kier molecular flexibility index (Phi) is 3.19. The number of rotatable bonds is 1. The highest BCUT2D eigenvalue weighted by atomic mass is 19.1. The molecular formula is C10H16FN5. The van der Waals surface area contributed by atoms with Gasteiger partial charge in [0.15, 0.2) is 11.6 Å². The molecule has 0 amide bonds. The van der Waals surface area contributed by atoms with Crippen molar-refractivity contribution in [2.45, 2.75) is 6.42 Å². The fourth-order valence-electron chi connectivity index (χ4n) is 1.85. The molecule has 2 heterocycles. The van der Waals surface area contributed by atoms with E-state index in [0.717, 1.165) is 38.8 Å². The van der Waals surface area contributed by atoms with Gasteiger partial charge in [0.05, 0.1) is 6.20 Å². The van der Waals surface area contributed by atoms with Crippen molar-refractivity contribution in [3.8, 4) is 0 Å². The third kappa shape index (κ3) is 2.38. The van der Waals surface area contributed by atoms with E-state index < -0.39 is 5.82 Å². The molecule has 0 aliphatic carbocycles. The maximum absolute atomic E-state index is 13.5. The lowest BCUT2D eigenvalue weighted by Crippen LogP contribution is -2.30. The van der Waals surface area contributed by atoms with Crippen molar-refractivity contribution in [3.05, 3.63) is 12.0 Å². The number of halogens is 1. The Balaban J connectivity index is 2.19. The van der Waals surface area contributed by atoms with Gasteiger partial charge in [-0.2, -0.15) is 4.98 Å². The van der Waals surface area contributed by atoms with E-state index in [2.05, 4.69) is 21.9 Å². The summed E-state index contributed by atoms with van der Waals surface area (Å²) in [4.78, 5) is 11.7. The molecule has 2 N–H and O–H groups in total. The molecule has 88 valence electrons. The summed E-state index contributed by atoms with van der Waals surface area (Å²) in [5, 5.41) is 0. The lowest BCUT2D eigenvalue weighted by Gasteiger charge is -2.21. The SMILES string of the molecule is CN1CCCN(c2nc(N)ncc2F)CC1. The highest BCUT2D eigenvalue weighted by Crippen LogP contribution is 2.17. The molecule has 1 aliphatic rings. The van der Waals surface area contributed by atoms with Gasteiger partial charge in [0.1, 0.15) is 0 Å². The van der Waals surface area contributed by atoms with Gasteiger partial charge in [-0.05, 0) is 20.0 Å². The molecule has 0 aromatic carbocycles. The predicted molar refractivity (Wildman–Crippen MR) is 60.7 cm³/mol. The average molecular weight is 225 g/mol. The minimum absolute atomic E-state index is 0.119. The molecule has 0 atom stereocenters. The van der Waals surface area contributed by atoms with Crippen LogP contribution in [0.25, 0.3) is 0 Å². The molecule has 0 saturated carbocycles. The second-order valence-corrected chi connectivity index (χ2v) is 4.04. The molecule has 1 fully saturated rings. The van der Waals surface area contributed by atoms with Crippen LogP contribution in [-0.4, -0.2) is 48.1 Å². The molecule has 0 bridgehead atoms. The maximum atomic E-state index is 13.5. The monoisotopic (exact) mass is 225 g/mol. The lowest BCUT2D eigenvalue weighted by atomic mass is 10.4. The third-order valence-electron chi connectivity index (χ3n) is 2.76. The first kappa shape index (κ1) is 11.1.